The monoisotopic (exact) mass is 378 g/mol. The standard InChI is InChI=1S/C18H30N6OS/c1-5-17-23-21-13-24(17)11-10-20-18(19-9-6-12-26-4)22-15(3)16-8-7-14(2)25-16/h7-8,13,15H,5-6,9-12H2,1-4H3,(H2,19,20,22). The van der Waals surface area contributed by atoms with Crippen LogP contribution in [0.15, 0.2) is 27.9 Å². The number of aromatic nitrogens is 3. The Morgan fingerprint density at radius 1 is 1.42 bits per heavy atom. The molecule has 7 nitrogen and oxygen atoms in total. The smallest absolute Gasteiger partial charge is 0.191 e. The fraction of sp³-hybridized carbons (Fsp3) is 0.611. The van der Waals surface area contributed by atoms with E-state index in [1.165, 1.54) is 0 Å². The summed E-state index contributed by atoms with van der Waals surface area (Å²) in [6, 6.07) is 4.04. The number of nitrogens with one attached hydrogen (secondary N) is 2. The van der Waals surface area contributed by atoms with Crippen molar-refractivity contribution in [1.29, 1.82) is 0 Å². The summed E-state index contributed by atoms with van der Waals surface area (Å²) in [4.78, 5) is 4.69. The lowest BCUT2D eigenvalue weighted by molar-refractivity contribution is 0.441. The Morgan fingerprint density at radius 3 is 2.96 bits per heavy atom. The van der Waals surface area contributed by atoms with Crippen LogP contribution >= 0.6 is 11.8 Å². The lowest BCUT2D eigenvalue weighted by Crippen LogP contribution is -2.40. The molecule has 8 heteroatoms. The van der Waals surface area contributed by atoms with Crippen LogP contribution in [0.5, 0.6) is 0 Å². The zero-order valence-electron chi connectivity index (χ0n) is 16.2. The van der Waals surface area contributed by atoms with Crippen molar-refractivity contribution in [3.63, 3.8) is 0 Å². The molecule has 2 aromatic rings. The Hall–Kier alpha value is -1.96. The molecule has 0 radical (unpaired) electrons. The molecule has 1 atom stereocenters. The summed E-state index contributed by atoms with van der Waals surface area (Å²) in [7, 11) is 0. The van der Waals surface area contributed by atoms with Gasteiger partial charge in [-0.15, -0.1) is 10.2 Å². The van der Waals surface area contributed by atoms with E-state index < -0.39 is 0 Å². The first-order valence-corrected chi connectivity index (χ1v) is 10.5. The maximum absolute atomic E-state index is 5.71. The van der Waals surface area contributed by atoms with Crippen molar-refractivity contribution in [1.82, 2.24) is 25.4 Å². The number of furan rings is 1. The van der Waals surface area contributed by atoms with Crippen LogP contribution in [0.1, 0.15) is 43.7 Å². The van der Waals surface area contributed by atoms with Crippen LogP contribution < -0.4 is 10.6 Å². The Morgan fingerprint density at radius 2 is 2.27 bits per heavy atom. The quantitative estimate of drug-likeness (QED) is 0.376. The van der Waals surface area contributed by atoms with Gasteiger partial charge in [0, 0.05) is 26.1 Å². The number of rotatable bonds is 10. The van der Waals surface area contributed by atoms with Crippen LogP contribution in [-0.4, -0.2) is 45.8 Å². The van der Waals surface area contributed by atoms with Crippen molar-refractivity contribution in [3.05, 3.63) is 35.8 Å². The number of nitrogens with zero attached hydrogens (tertiary/aromatic N) is 4. The number of thioether (sulfide) groups is 1. The van der Waals surface area contributed by atoms with Crippen LogP contribution in [0.2, 0.25) is 0 Å². The molecular weight excluding hydrogens is 348 g/mol. The van der Waals surface area contributed by atoms with E-state index >= 15 is 0 Å². The van der Waals surface area contributed by atoms with Gasteiger partial charge in [0.25, 0.3) is 0 Å². The van der Waals surface area contributed by atoms with Gasteiger partial charge >= 0.3 is 0 Å². The van der Waals surface area contributed by atoms with Crippen LogP contribution in [0.25, 0.3) is 0 Å². The first kappa shape index (κ1) is 20.4. The molecule has 0 saturated heterocycles. The molecule has 26 heavy (non-hydrogen) atoms. The Balaban J connectivity index is 1.91. The van der Waals surface area contributed by atoms with Gasteiger partial charge in [-0.1, -0.05) is 6.92 Å². The molecule has 0 amide bonds. The van der Waals surface area contributed by atoms with Gasteiger partial charge in [0.05, 0.1) is 6.04 Å². The summed E-state index contributed by atoms with van der Waals surface area (Å²) in [5.74, 6) is 4.74. The van der Waals surface area contributed by atoms with Crippen molar-refractivity contribution in [2.24, 2.45) is 4.99 Å². The predicted octanol–water partition coefficient (Wildman–Crippen LogP) is 2.79. The number of aliphatic imine (C=N–C) groups is 1. The summed E-state index contributed by atoms with van der Waals surface area (Å²) >= 11 is 1.84. The third-order valence-electron chi connectivity index (χ3n) is 3.97. The van der Waals surface area contributed by atoms with E-state index in [1.54, 1.807) is 6.33 Å². The minimum atomic E-state index is 0.0524. The van der Waals surface area contributed by atoms with E-state index in [2.05, 4.69) is 45.5 Å². The minimum absolute atomic E-state index is 0.0524. The summed E-state index contributed by atoms with van der Waals surface area (Å²) < 4.78 is 7.78. The number of guanidine groups is 1. The molecule has 0 saturated carbocycles. The van der Waals surface area contributed by atoms with Crippen molar-refractivity contribution in [3.8, 4) is 0 Å². The van der Waals surface area contributed by atoms with Crippen LogP contribution in [0.4, 0.5) is 0 Å². The molecule has 2 N–H and O–H groups in total. The molecule has 2 heterocycles. The highest BCUT2D eigenvalue weighted by atomic mass is 32.2. The van der Waals surface area contributed by atoms with Gasteiger partial charge in [0.2, 0.25) is 0 Å². The average Bonchev–Trinajstić information content (AvgIpc) is 3.27. The average molecular weight is 379 g/mol. The number of hydrogen-bond acceptors (Lipinski definition) is 5. The number of hydrogen-bond donors (Lipinski definition) is 2. The zero-order valence-corrected chi connectivity index (χ0v) is 17.0. The fourth-order valence-corrected chi connectivity index (χ4v) is 2.97. The van der Waals surface area contributed by atoms with Gasteiger partial charge in [0.15, 0.2) is 5.96 Å². The second-order valence-corrected chi connectivity index (χ2v) is 7.10. The SMILES string of the molecule is CCc1nncn1CCNC(=NCCCSC)NC(C)c1ccc(C)o1. The molecule has 0 bridgehead atoms. The molecule has 0 aliphatic rings. The largest absolute Gasteiger partial charge is 0.464 e. The van der Waals surface area contributed by atoms with Crippen LogP contribution in [0.3, 0.4) is 0 Å². The second kappa shape index (κ2) is 10.9. The molecule has 0 aliphatic heterocycles. The first-order valence-electron chi connectivity index (χ1n) is 9.10. The van der Waals surface area contributed by atoms with E-state index in [-0.39, 0.29) is 6.04 Å². The van der Waals surface area contributed by atoms with E-state index in [0.717, 1.165) is 61.5 Å². The van der Waals surface area contributed by atoms with Crippen molar-refractivity contribution < 1.29 is 4.42 Å². The third-order valence-corrected chi connectivity index (χ3v) is 4.67. The molecule has 144 valence electrons. The van der Waals surface area contributed by atoms with E-state index in [1.807, 2.05) is 30.8 Å². The highest BCUT2D eigenvalue weighted by Gasteiger charge is 2.11. The predicted molar refractivity (Wildman–Crippen MR) is 108 cm³/mol. The van der Waals surface area contributed by atoms with Gasteiger partial charge in [0.1, 0.15) is 23.7 Å². The highest BCUT2D eigenvalue weighted by molar-refractivity contribution is 7.98. The van der Waals surface area contributed by atoms with Crippen molar-refractivity contribution in [2.45, 2.75) is 46.2 Å². The molecule has 2 rings (SSSR count). The van der Waals surface area contributed by atoms with Gasteiger partial charge < -0.3 is 19.6 Å². The molecule has 0 spiro atoms. The maximum Gasteiger partial charge on any atom is 0.191 e. The molecule has 0 fully saturated rings. The van der Waals surface area contributed by atoms with E-state index in [9.17, 15) is 0 Å². The third kappa shape index (κ3) is 6.40. The zero-order chi connectivity index (χ0) is 18.8. The highest BCUT2D eigenvalue weighted by Crippen LogP contribution is 2.15. The van der Waals surface area contributed by atoms with Gasteiger partial charge in [-0.3, -0.25) is 4.99 Å². The maximum atomic E-state index is 5.71. The molecular formula is C18H30N6OS. The summed E-state index contributed by atoms with van der Waals surface area (Å²) in [6.45, 7) is 8.47. The van der Waals surface area contributed by atoms with E-state index in [4.69, 9.17) is 9.41 Å². The Labute approximate surface area is 160 Å². The Kier molecular flexibility index (Phi) is 8.53. The first-order chi connectivity index (χ1) is 12.6. The van der Waals surface area contributed by atoms with Gasteiger partial charge in [-0.25, -0.2) is 0 Å². The van der Waals surface area contributed by atoms with Gasteiger partial charge in [-0.05, 0) is 44.4 Å². The second-order valence-electron chi connectivity index (χ2n) is 6.11. The summed E-state index contributed by atoms with van der Waals surface area (Å²) in [5.41, 5.74) is 0. The topological polar surface area (TPSA) is 80.3 Å². The van der Waals surface area contributed by atoms with Gasteiger partial charge in [-0.2, -0.15) is 11.8 Å². The van der Waals surface area contributed by atoms with Crippen molar-refractivity contribution in [2.75, 3.05) is 25.1 Å². The normalized spacial score (nSPS) is 13.0. The summed E-state index contributed by atoms with van der Waals surface area (Å²) in [6.07, 6.45) is 5.83. The van der Waals surface area contributed by atoms with Crippen molar-refractivity contribution >= 4 is 17.7 Å². The summed E-state index contributed by atoms with van der Waals surface area (Å²) in [5, 5.41) is 14.9. The number of aryl methyl sites for hydroxylation is 2. The van der Waals surface area contributed by atoms with E-state index in [0.29, 0.717) is 0 Å². The van der Waals surface area contributed by atoms with Crippen LogP contribution in [-0.2, 0) is 13.0 Å². The fourth-order valence-electron chi connectivity index (χ4n) is 2.55. The molecule has 0 aliphatic carbocycles. The minimum Gasteiger partial charge on any atom is -0.464 e. The Bertz CT molecular complexity index is 681. The molecule has 0 aromatic carbocycles. The lowest BCUT2D eigenvalue weighted by atomic mass is 10.2. The lowest BCUT2D eigenvalue weighted by Gasteiger charge is -2.17. The van der Waals surface area contributed by atoms with Crippen LogP contribution in [0, 0.1) is 6.92 Å². The molecule has 2 aromatic heterocycles. The molecule has 1 unspecified atom stereocenters.